The average molecular weight is 234 g/mol. The van der Waals surface area contributed by atoms with E-state index in [1.165, 1.54) is 6.42 Å². The van der Waals surface area contributed by atoms with E-state index in [1.807, 2.05) is 4.90 Å². The lowest BCUT2D eigenvalue weighted by Gasteiger charge is -2.26. The largest absolute Gasteiger partial charge is 0.495 e. The van der Waals surface area contributed by atoms with Gasteiger partial charge in [0.05, 0.1) is 12.8 Å². The first kappa shape index (κ1) is 11.8. The molecule has 1 aliphatic rings. The van der Waals surface area contributed by atoms with Crippen molar-refractivity contribution in [1.82, 2.24) is 4.90 Å². The lowest BCUT2D eigenvalue weighted by molar-refractivity contribution is 0.0724. The second-order valence-corrected chi connectivity index (χ2v) is 4.31. The van der Waals surface area contributed by atoms with Crippen LogP contribution in [-0.2, 0) is 0 Å². The third-order valence-electron chi connectivity index (χ3n) is 3.12. The van der Waals surface area contributed by atoms with Crippen molar-refractivity contribution < 1.29 is 9.53 Å². The summed E-state index contributed by atoms with van der Waals surface area (Å²) in [6, 6.07) is 5.20. The molecule has 92 valence electrons. The number of likely N-dealkylation sites (tertiary alicyclic amines) is 1. The molecule has 1 amide bonds. The van der Waals surface area contributed by atoms with E-state index < -0.39 is 0 Å². The summed E-state index contributed by atoms with van der Waals surface area (Å²) in [4.78, 5) is 14.1. The van der Waals surface area contributed by atoms with E-state index >= 15 is 0 Å². The SMILES string of the molecule is COc1ccc(C(=O)N2CCCCC2)cc1N. The Morgan fingerprint density at radius 2 is 2.00 bits per heavy atom. The third-order valence-corrected chi connectivity index (χ3v) is 3.12. The van der Waals surface area contributed by atoms with Crippen LogP contribution < -0.4 is 10.5 Å². The van der Waals surface area contributed by atoms with Crippen LogP contribution in [0.4, 0.5) is 5.69 Å². The summed E-state index contributed by atoms with van der Waals surface area (Å²) >= 11 is 0. The van der Waals surface area contributed by atoms with Crippen molar-refractivity contribution in [2.45, 2.75) is 19.3 Å². The molecule has 1 saturated heterocycles. The van der Waals surface area contributed by atoms with Gasteiger partial charge in [0, 0.05) is 18.7 Å². The molecule has 1 heterocycles. The highest BCUT2D eigenvalue weighted by Gasteiger charge is 2.18. The Kier molecular flexibility index (Phi) is 3.52. The van der Waals surface area contributed by atoms with Crippen molar-refractivity contribution in [1.29, 1.82) is 0 Å². The number of piperidine rings is 1. The summed E-state index contributed by atoms with van der Waals surface area (Å²) in [5, 5.41) is 0. The van der Waals surface area contributed by atoms with Crippen LogP contribution in [0.15, 0.2) is 18.2 Å². The van der Waals surface area contributed by atoms with E-state index in [1.54, 1.807) is 25.3 Å². The molecule has 17 heavy (non-hydrogen) atoms. The van der Waals surface area contributed by atoms with Crippen LogP contribution in [0, 0.1) is 0 Å². The molecule has 0 spiro atoms. The molecule has 4 heteroatoms. The lowest BCUT2D eigenvalue weighted by Crippen LogP contribution is -2.35. The van der Waals surface area contributed by atoms with Gasteiger partial charge in [0.2, 0.25) is 0 Å². The number of anilines is 1. The smallest absolute Gasteiger partial charge is 0.253 e. The molecule has 0 unspecified atom stereocenters. The van der Waals surface area contributed by atoms with E-state index in [2.05, 4.69) is 0 Å². The summed E-state index contributed by atoms with van der Waals surface area (Å²) < 4.78 is 5.08. The topological polar surface area (TPSA) is 55.6 Å². The molecule has 2 rings (SSSR count). The van der Waals surface area contributed by atoms with Crippen molar-refractivity contribution in [2.75, 3.05) is 25.9 Å². The zero-order chi connectivity index (χ0) is 12.3. The highest BCUT2D eigenvalue weighted by molar-refractivity contribution is 5.95. The highest BCUT2D eigenvalue weighted by atomic mass is 16.5. The Morgan fingerprint density at radius 3 is 2.59 bits per heavy atom. The molecule has 4 nitrogen and oxygen atoms in total. The number of carbonyl (C=O) groups is 1. The minimum atomic E-state index is 0.0686. The Balaban J connectivity index is 2.16. The third kappa shape index (κ3) is 2.52. The number of amides is 1. The fourth-order valence-electron chi connectivity index (χ4n) is 2.15. The molecule has 0 atom stereocenters. The van der Waals surface area contributed by atoms with Gasteiger partial charge in [-0.2, -0.15) is 0 Å². The van der Waals surface area contributed by atoms with Gasteiger partial charge >= 0.3 is 0 Å². The van der Waals surface area contributed by atoms with Crippen LogP contribution >= 0.6 is 0 Å². The van der Waals surface area contributed by atoms with Gasteiger partial charge in [-0.1, -0.05) is 0 Å². The fraction of sp³-hybridized carbons (Fsp3) is 0.462. The van der Waals surface area contributed by atoms with Crippen molar-refractivity contribution in [3.8, 4) is 5.75 Å². The lowest BCUT2D eigenvalue weighted by atomic mass is 10.1. The Morgan fingerprint density at radius 1 is 1.29 bits per heavy atom. The van der Waals surface area contributed by atoms with E-state index in [9.17, 15) is 4.79 Å². The maximum absolute atomic E-state index is 12.2. The quantitative estimate of drug-likeness (QED) is 0.795. The standard InChI is InChI=1S/C13H18N2O2/c1-17-12-6-5-10(9-11(12)14)13(16)15-7-3-2-4-8-15/h5-6,9H,2-4,7-8,14H2,1H3. The zero-order valence-corrected chi connectivity index (χ0v) is 10.1. The second-order valence-electron chi connectivity index (χ2n) is 4.31. The molecule has 2 N–H and O–H groups in total. The number of nitrogens with zero attached hydrogens (tertiary/aromatic N) is 1. The number of nitrogens with two attached hydrogens (primary N) is 1. The Labute approximate surface area is 101 Å². The number of carbonyl (C=O) groups excluding carboxylic acids is 1. The molecule has 0 aliphatic carbocycles. The van der Waals surface area contributed by atoms with Gasteiger partial charge < -0.3 is 15.4 Å². The van der Waals surface area contributed by atoms with Gasteiger partial charge in [0.15, 0.2) is 0 Å². The predicted octanol–water partition coefficient (Wildman–Crippen LogP) is 1.90. The van der Waals surface area contributed by atoms with Gasteiger partial charge in [-0.05, 0) is 37.5 Å². The number of nitrogen functional groups attached to an aromatic ring is 1. The van der Waals surface area contributed by atoms with Crippen LogP contribution in [0.1, 0.15) is 29.6 Å². The molecule has 1 fully saturated rings. The number of methoxy groups -OCH3 is 1. The summed E-state index contributed by atoms with van der Waals surface area (Å²) in [5.74, 6) is 0.680. The second kappa shape index (κ2) is 5.08. The Hall–Kier alpha value is -1.71. The first-order chi connectivity index (χ1) is 8.22. The van der Waals surface area contributed by atoms with Gasteiger partial charge in [-0.25, -0.2) is 0 Å². The number of rotatable bonds is 2. The maximum atomic E-state index is 12.2. The molecule has 0 bridgehead atoms. The monoisotopic (exact) mass is 234 g/mol. The molecule has 1 aromatic carbocycles. The Bertz CT molecular complexity index is 412. The molecule has 1 aliphatic heterocycles. The molecular formula is C13H18N2O2. The summed E-state index contributed by atoms with van der Waals surface area (Å²) in [5.41, 5.74) is 6.96. The van der Waals surface area contributed by atoms with E-state index in [4.69, 9.17) is 10.5 Å². The minimum Gasteiger partial charge on any atom is -0.495 e. The van der Waals surface area contributed by atoms with Crippen molar-refractivity contribution in [3.05, 3.63) is 23.8 Å². The predicted molar refractivity (Wildman–Crippen MR) is 67.2 cm³/mol. The molecule has 0 saturated carbocycles. The number of ether oxygens (including phenoxy) is 1. The fourth-order valence-corrected chi connectivity index (χ4v) is 2.15. The minimum absolute atomic E-state index is 0.0686. The maximum Gasteiger partial charge on any atom is 0.253 e. The average Bonchev–Trinajstić information content (AvgIpc) is 2.39. The summed E-state index contributed by atoms with van der Waals surface area (Å²) in [7, 11) is 1.57. The van der Waals surface area contributed by atoms with E-state index in [0.717, 1.165) is 25.9 Å². The van der Waals surface area contributed by atoms with Crippen LogP contribution in [0.3, 0.4) is 0 Å². The highest BCUT2D eigenvalue weighted by Crippen LogP contribution is 2.23. The first-order valence-corrected chi connectivity index (χ1v) is 5.95. The van der Waals surface area contributed by atoms with Crippen LogP contribution in [0.5, 0.6) is 5.75 Å². The van der Waals surface area contributed by atoms with Gasteiger partial charge in [-0.3, -0.25) is 4.79 Å². The number of hydrogen-bond acceptors (Lipinski definition) is 3. The van der Waals surface area contributed by atoms with Crippen molar-refractivity contribution >= 4 is 11.6 Å². The van der Waals surface area contributed by atoms with Crippen molar-refractivity contribution in [3.63, 3.8) is 0 Å². The number of hydrogen-bond donors (Lipinski definition) is 1. The van der Waals surface area contributed by atoms with Crippen molar-refractivity contribution in [2.24, 2.45) is 0 Å². The molecule has 0 aromatic heterocycles. The van der Waals surface area contributed by atoms with Crippen LogP contribution in [0.25, 0.3) is 0 Å². The number of benzene rings is 1. The summed E-state index contributed by atoms with van der Waals surface area (Å²) in [6.45, 7) is 1.70. The van der Waals surface area contributed by atoms with Gasteiger partial charge in [-0.15, -0.1) is 0 Å². The van der Waals surface area contributed by atoms with Gasteiger partial charge in [0.1, 0.15) is 5.75 Å². The van der Waals surface area contributed by atoms with E-state index in [-0.39, 0.29) is 5.91 Å². The molecule has 1 aromatic rings. The molecular weight excluding hydrogens is 216 g/mol. The normalized spacial score (nSPS) is 15.7. The van der Waals surface area contributed by atoms with Gasteiger partial charge in [0.25, 0.3) is 5.91 Å². The zero-order valence-electron chi connectivity index (χ0n) is 10.1. The first-order valence-electron chi connectivity index (χ1n) is 5.95. The van der Waals surface area contributed by atoms with Crippen LogP contribution in [-0.4, -0.2) is 31.0 Å². The summed E-state index contributed by atoms with van der Waals surface area (Å²) in [6.07, 6.45) is 3.41. The van der Waals surface area contributed by atoms with E-state index in [0.29, 0.717) is 17.0 Å². The van der Waals surface area contributed by atoms with Crippen LogP contribution in [0.2, 0.25) is 0 Å². The molecule has 0 radical (unpaired) electrons.